The van der Waals surface area contributed by atoms with E-state index in [0.29, 0.717) is 13.2 Å². The normalized spacial score (nSPS) is 15.6. The highest BCUT2D eigenvalue weighted by Gasteiger charge is 2.23. The van der Waals surface area contributed by atoms with E-state index >= 15 is 0 Å². The quantitative estimate of drug-likeness (QED) is 0.766. The second-order valence-electron chi connectivity index (χ2n) is 6.69. The first-order valence-electron chi connectivity index (χ1n) is 9.30. The molecule has 1 unspecified atom stereocenters. The number of morpholine rings is 1. The zero-order chi connectivity index (χ0) is 19.4. The Hall–Kier alpha value is -2.06. The predicted molar refractivity (Wildman–Crippen MR) is 109 cm³/mol. The van der Waals surface area contributed by atoms with Crippen molar-refractivity contribution in [3.8, 4) is 0 Å². The van der Waals surface area contributed by atoms with Gasteiger partial charge in [-0.25, -0.2) is 0 Å². The topological polar surface area (TPSA) is 72.3 Å². The van der Waals surface area contributed by atoms with Crippen molar-refractivity contribution in [2.24, 2.45) is 0 Å². The zero-order valence-corrected chi connectivity index (χ0v) is 17.2. The summed E-state index contributed by atoms with van der Waals surface area (Å²) in [6.07, 6.45) is 0. The van der Waals surface area contributed by atoms with Gasteiger partial charge in [-0.05, 0) is 44.9 Å². The Morgan fingerprint density at radius 2 is 2.04 bits per heavy atom. The summed E-state index contributed by atoms with van der Waals surface area (Å²) >= 11 is 1.44. The zero-order valence-electron chi connectivity index (χ0n) is 16.4. The molecule has 2 heterocycles. The van der Waals surface area contributed by atoms with Gasteiger partial charge in [0, 0.05) is 25.3 Å². The number of carbonyl (C=O) groups excluding carboxylic acids is 1. The summed E-state index contributed by atoms with van der Waals surface area (Å²) in [7, 11) is 0. The minimum absolute atomic E-state index is 0.0349. The standard InChI is InChI=1S/C19H27N5O2S/c1-5-24-18(23-8-10-26-11-9-23)21-22-19(24)27-15(4)17(25)20-16-12-13(2)6-7-14(16)3/h6-7,12,15H,5,8-11H2,1-4H3,(H,20,25). The molecule has 0 spiro atoms. The number of carbonyl (C=O) groups is 1. The van der Waals surface area contributed by atoms with Crippen LogP contribution in [-0.4, -0.2) is 52.2 Å². The number of aromatic nitrogens is 3. The molecule has 7 nitrogen and oxygen atoms in total. The fourth-order valence-corrected chi connectivity index (χ4v) is 3.87. The Kier molecular flexibility index (Phi) is 6.38. The first-order chi connectivity index (χ1) is 13.0. The Morgan fingerprint density at radius 3 is 2.74 bits per heavy atom. The molecule has 1 aromatic heterocycles. The molecule has 2 aromatic rings. The molecule has 1 N–H and O–H groups in total. The number of rotatable bonds is 6. The van der Waals surface area contributed by atoms with Crippen LogP contribution in [0.15, 0.2) is 23.4 Å². The van der Waals surface area contributed by atoms with Gasteiger partial charge in [0.1, 0.15) is 0 Å². The van der Waals surface area contributed by atoms with Gasteiger partial charge in [0.2, 0.25) is 11.9 Å². The van der Waals surface area contributed by atoms with Gasteiger partial charge in [-0.2, -0.15) is 0 Å². The van der Waals surface area contributed by atoms with Crippen LogP contribution in [-0.2, 0) is 16.1 Å². The van der Waals surface area contributed by atoms with Crippen LogP contribution in [0, 0.1) is 13.8 Å². The van der Waals surface area contributed by atoms with Gasteiger partial charge < -0.3 is 15.0 Å². The van der Waals surface area contributed by atoms with E-state index in [1.807, 2.05) is 39.0 Å². The van der Waals surface area contributed by atoms with Crippen molar-refractivity contribution in [3.05, 3.63) is 29.3 Å². The minimum Gasteiger partial charge on any atom is -0.378 e. The van der Waals surface area contributed by atoms with Crippen molar-refractivity contribution in [1.82, 2.24) is 14.8 Å². The van der Waals surface area contributed by atoms with Gasteiger partial charge in [0.25, 0.3) is 0 Å². The summed E-state index contributed by atoms with van der Waals surface area (Å²) in [4.78, 5) is 14.9. The lowest BCUT2D eigenvalue weighted by Gasteiger charge is -2.27. The molecular weight excluding hydrogens is 362 g/mol. The van der Waals surface area contributed by atoms with E-state index in [9.17, 15) is 4.79 Å². The number of aryl methyl sites for hydroxylation is 2. The molecule has 1 aromatic carbocycles. The monoisotopic (exact) mass is 389 g/mol. The smallest absolute Gasteiger partial charge is 0.237 e. The second-order valence-corrected chi connectivity index (χ2v) is 8.00. The molecule has 27 heavy (non-hydrogen) atoms. The predicted octanol–water partition coefficient (Wildman–Crippen LogP) is 2.87. The summed E-state index contributed by atoms with van der Waals surface area (Å²) in [6, 6.07) is 6.06. The van der Waals surface area contributed by atoms with Gasteiger partial charge >= 0.3 is 0 Å². The summed E-state index contributed by atoms with van der Waals surface area (Å²) in [5.41, 5.74) is 3.04. The summed E-state index contributed by atoms with van der Waals surface area (Å²) < 4.78 is 7.48. The second kappa shape index (κ2) is 8.75. The van der Waals surface area contributed by atoms with Crippen LogP contribution < -0.4 is 10.2 Å². The van der Waals surface area contributed by atoms with Crippen molar-refractivity contribution >= 4 is 29.3 Å². The highest BCUT2D eigenvalue weighted by molar-refractivity contribution is 8.00. The number of anilines is 2. The van der Waals surface area contributed by atoms with Crippen LogP contribution >= 0.6 is 11.8 Å². The van der Waals surface area contributed by atoms with Crippen molar-refractivity contribution in [2.75, 3.05) is 36.5 Å². The molecule has 1 aliphatic heterocycles. The molecule has 0 saturated carbocycles. The van der Waals surface area contributed by atoms with E-state index in [1.54, 1.807) is 0 Å². The average molecular weight is 390 g/mol. The lowest BCUT2D eigenvalue weighted by Crippen LogP contribution is -2.38. The molecular formula is C19H27N5O2S. The number of nitrogens with zero attached hydrogens (tertiary/aromatic N) is 4. The summed E-state index contributed by atoms with van der Waals surface area (Å²) in [5.74, 6) is 0.817. The average Bonchev–Trinajstić information content (AvgIpc) is 3.07. The molecule has 1 aliphatic rings. The van der Waals surface area contributed by atoms with Crippen molar-refractivity contribution in [2.45, 2.75) is 44.6 Å². The Morgan fingerprint density at radius 1 is 1.30 bits per heavy atom. The maximum Gasteiger partial charge on any atom is 0.237 e. The van der Waals surface area contributed by atoms with Gasteiger partial charge in [-0.15, -0.1) is 10.2 Å². The number of amides is 1. The maximum absolute atomic E-state index is 12.7. The first kappa shape index (κ1) is 19.7. The van der Waals surface area contributed by atoms with E-state index < -0.39 is 0 Å². The van der Waals surface area contributed by atoms with E-state index in [4.69, 9.17) is 4.74 Å². The molecule has 1 amide bonds. The minimum atomic E-state index is -0.281. The Balaban J connectivity index is 1.69. The third-order valence-electron chi connectivity index (χ3n) is 4.61. The number of ether oxygens (including phenoxy) is 1. The lowest BCUT2D eigenvalue weighted by atomic mass is 10.1. The molecule has 0 bridgehead atoms. The Bertz CT molecular complexity index is 801. The fourth-order valence-electron chi connectivity index (χ4n) is 2.96. The third kappa shape index (κ3) is 4.62. The molecule has 3 rings (SSSR count). The maximum atomic E-state index is 12.7. The molecule has 0 aliphatic carbocycles. The van der Waals surface area contributed by atoms with Gasteiger partial charge in [-0.1, -0.05) is 23.9 Å². The molecule has 8 heteroatoms. The number of hydrogen-bond donors (Lipinski definition) is 1. The summed E-state index contributed by atoms with van der Waals surface area (Å²) in [6.45, 7) is 11.8. The molecule has 146 valence electrons. The van der Waals surface area contributed by atoms with Crippen molar-refractivity contribution < 1.29 is 9.53 Å². The largest absolute Gasteiger partial charge is 0.378 e. The number of thioether (sulfide) groups is 1. The van der Waals surface area contributed by atoms with Crippen molar-refractivity contribution in [1.29, 1.82) is 0 Å². The highest BCUT2D eigenvalue weighted by Crippen LogP contribution is 2.27. The van der Waals surface area contributed by atoms with Gasteiger partial charge in [0.15, 0.2) is 5.16 Å². The van der Waals surface area contributed by atoms with E-state index in [2.05, 4.69) is 31.9 Å². The number of benzene rings is 1. The first-order valence-corrected chi connectivity index (χ1v) is 10.2. The number of nitrogens with one attached hydrogen (secondary N) is 1. The van der Waals surface area contributed by atoms with E-state index in [0.717, 1.165) is 47.6 Å². The molecule has 1 atom stereocenters. The SMILES string of the molecule is CCn1c(SC(C)C(=O)Nc2cc(C)ccc2C)nnc1N1CCOCC1. The van der Waals surface area contributed by atoms with Crippen LogP contribution in [0.2, 0.25) is 0 Å². The molecule has 1 saturated heterocycles. The third-order valence-corrected chi connectivity index (χ3v) is 5.69. The van der Waals surface area contributed by atoms with Crippen LogP contribution in [0.4, 0.5) is 11.6 Å². The lowest BCUT2D eigenvalue weighted by molar-refractivity contribution is -0.115. The van der Waals surface area contributed by atoms with Gasteiger partial charge in [0.05, 0.1) is 18.5 Å². The highest BCUT2D eigenvalue weighted by atomic mass is 32.2. The van der Waals surface area contributed by atoms with Crippen LogP contribution in [0.3, 0.4) is 0 Å². The van der Waals surface area contributed by atoms with Crippen LogP contribution in [0.1, 0.15) is 25.0 Å². The van der Waals surface area contributed by atoms with Crippen LogP contribution in [0.5, 0.6) is 0 Å². The van der Waals surface area contributed by atoms with Crippen LogP contribution in [0.25, 0.3) is 0 Å². The Labute approximate surface area is 164 Å². The van der Waals surface area contributed by atoms with E-state index in [1.165, 1.54) is 11.8 Å². The molecule has 1 fully saturated rings. The fraction of sp³-hybridized carbons (Fsp3) is 0.526. The number of hydrogen-bond acceptors (Lipinski definition) is 6. The summed E-state index contributed by atoms with van der Waals surface area (Å²) in [5, 5.41) is 12.2. The van der Waals surface area contributed by atoms with E-state index in [-0.39, 0.29) is 11.2 Å². The van der Waals surface area contributed by atoms with Gasteiger partial charge in [-0.3, -0.25) is 9.36 Å². The molecule has 0 radical (unpaired) electrons. The van der Waals surface area contributed by atoms with Crippen molar-refractivity contribution in [3.63, 3.8) is 0 Å².